The molecular formula is C22H33N3O3. The van der Waals surface area contributed by atoms with Crippen molar-refractivity contribution < 1.29 is 14.4 Å². The van der Waals surface area contributed by atoms with Gasteiger partial charge in [0, 0.05) is 38.7 Å². The number of carbonyl (C=O) groups excluding carboxylic acids is 3. The van der Waals surface area contributed by atoms with Crippen molar-refractivity contribution in [1.82, 2.24) is 15.1 Å². The molecule has 1 atom stereocenters. The minimum Gasteiger partial charge on any atom is -0.349 e. The Balaban J connectivity index is 2.05. The maximum absolute atomic E-state index is 13.1. The van der Waals surface area contributed by atoms with Crippen molar-refractivity contribution in [2.45, 2.75) is 46.1 Å². The van der Waals surface area contributed by atoms with Crippen LogP contribution >= 0.6 is 0 Å². The highest BCUT2D eigenvalue weighted by atomic mass is 16.2. The molecule has 1 aromatic rings. The number of rotatable bonds is 6. The molecule has 1 aliphatic rings. The zero-order valence-electron chi connectivity index (χ0n) is 17.7. The molecule has 0 spiro atoms. The number of nitrogens with one attached hydrogen (secondary N) is 1. The molecule has 6 nitrogen and oxygen atoms in total. The van der Waals surface area contributed by atoms with Crippen LogP contribution in [0.25, 0.3) is 0 Å². The summed E-state index contributed by atoms with van der Waals surface area (Å²) in [6, 6.07) is 6.84. The second-order valence-electron chi connectivity index (χ2n) is 8.30. The van der Waals surface area contributed by atoms with Gasteiger partial charge in [-0.2, -0.15) is 0 Å². The van der Waals surface area contributed by atoms with E-state index in [4.69, 9.17) is 0 Å². The molecule has 6 heteroatoms. The average Bonchev–Trinajstić information content (AvgIpc) is 2.66. The summed E-state index contributed by atoms with van der Waals surface area (Å²) < 4.78 is 0. The van der Waals surface area contributed by atoms with Gasteiger partial charge in [-0.3, -0.25) is 14.4 Å². The normalized spacial score (nSPS) is 16.0. The molecule has 1 aliphatic heterocycles. The summed E-state index contributed by atoms with van der Waals surface area (Å²) in [7, 11) is 3.53. The van der Waals surface area contributed by atoms with E-state index >= 15 is 0 Å². The molecule has 0 radical (unpaired) electrons. The molecule has 3 amide bonds. The molecule has 1 fully saturated rings. The third-order valence-electron chi connectivity index (χ3n) is 5.30. The second-order valence-corrected chi connectivity index (χ2v) is 8.30. The zero-order chi connectivity index (χ0) is 20.8. The molecule has 1 aromatic carbocycles. The third-order valence-corrected chi connectivity index (χ3v) is 5.30. The summed E-state index contributed by atoms with van der Waals surface area (Å²) in [5.41, 5.74) is 1.48. The number of carbonyl (C=O) groups is 3. The highest BCUT2D eigenvalue weighted by molar-refractivity contribution is 5.98. The highest BCUT2D eigenvalue weighted by Crippen LogP contribution is 2.21. The van der Waals surface area contributed by atoms with Crippen LogP contribution in [0.15, 0.2) is 24.3 Å². The number of likely N-dealkylation sites (tertiary alicyclic amines) is 1. The fourth-order valence-electron chi connectivity index (χ4n) is 3.69. The lowest BCUT2D eigenvalue weighted by molar-refractivity contribution is -0.140. The summed E-state index contributed by atoms with van der Waals surface area (Å²) in [5.74, 6) is 0.114. The van der Waals surface area contributed by atoms with E-state index in [1.54, 1.807) is 30.0 Å². The van der Waals surface area contributed by atoms with Crippen molar-refractivity contribution in [3.05, 3.63) is 35.4 Å². The Hall–Kier alpha value is -2.37. The number of amides is 3. The lowest BCUT2D eigenvalue weighted by atomic mass is 9.94. The molecule has 1 N–H and O–H groups in total. The van der Waals surface area contributed by atoms with E-state index in [1.165, 1.54) is 0 Å². The van der Waals surface area contributed by atoms with E-state index in [0.717, 1.165) is 5.56 Å². The highest BCUT2D eigenvalue weighted by Gasteiger charge is 2.32. The zero-order valence-corrected chi connectivity index (χ0v) is 17.7. The first kappa shape index (κ1) is 21.9. The van der Waals surface area contributed by atoms with E-state index in [0.29, 0.717) is 37.9 Å². The Morgan fingerprint density at radius 1 is 1.14 bits per heavy atom. The van der Waals surface area contributed by atoms with Gasteiger partial charge in [-0.15, -0.1) is 0 Å². The van der Waals surface area contributed by atoms with E-state index in [1.807, 2.05) is 39.0 Å². The van der Waals surface area contributed by atoms with Crippen LogP contribution in [0.4, 0.5) is 0 Å². The van der Waals surface area contributed by atoms with Crippen LogP contribution in [0.2, 0.25) is 0 Å². The molecule has 1 unspecified atom stereocenters. The molecule has 154 valence electrons. The largest absolute Gasteiger partial charge is 0.349 e. The minimum atomic E-state index is -0.548. The average molecular weight is 388 g/mol. The van der Waals surface area contributed by atoms with Gasteiger partial charge in [0.05, 0.1) is 0 Å². The molecule has 0 saturated carbocycles. The van der Waals surface area contributed by atoms with Gasteiger partial charge in [0.15, 0.2) is 0 Å². The molecule has 0 aromatic heterocycles. The van der Waals surface area contributed by atoms with Gasteiger partial charge in [0.25, 0.3) is 5.91 Å². The number of benzene rings is 1. The maximum atomic E-state index is 13.1. The Labute approximate surface area is 168 Å². The monoisotopic (exact) mass is 387 g/mol. The predicted octanol–water partition coefficient (Wildman–Crippen LogP) is 2.47. The molecule has 1 saturated heterocycles. The topological polar surface area (TPSA) is 69.7 Å². The number of piperidine rings is 1. The third kappa shape index (κ3) is 5.57. The molecular weight excluding hydrogens is 354 g/mol. The predicted molar refractivity (Wildman–Crippen MR) is 110 cm³/mol. The van der Waals surface area contributed by atoms with Gasteiger partial charge in [0.1, 0.15) is 6.04 Å². The smallest absolute Gasteiger partial charge is 0.252 e. The minimum absolute atomic E-state index is 0.0239. The Bertz CT molecular complexity index is 707. The van der Waals surface area contributed by atoms with Gasteiger partial charge in [0.2, 0.25) is 11.8 Å². The van der Waals surface area contributed by atoms with Crippen molar-refractivity contribution >= 4 is 17.7 Å². The van der Waals surface area contributed by atoms with Crippen LogP contribution < -0.4 is 5.32 Å². The SMILES string of the molecule is Cc1ccccc1C(=O)NC(CC(C)C)C(=O)N1CCC(C(=O)N(C)C)CC1. The maximum Gasteiger partial charge on any atom is 0.252 e. The number of aryl methyl sites for hydroxylation is 1. The first-order valence-electron chi connectivity index (χ1n) is 10.1. The quantitative estimate of drug-likeness (QED) is 0.815. The van der Waals surface area contributed by atoms with E-state index in [9.17, 15) is 14.4 Å². The van der Waals surface area contributed by atoms with Crippen LogP contribution in [0.1, 0.15) is 49.0 Å². The lowest BCUT2D eigenvalue weighted by Crippen LogP contribution is -2.52. The Morgan fingerprint density at radius 2 is 1.75 bits per heavy atom. The van der Waals surface area contributed by atoms with Gasteiger partial charge in [-0.1, -0.05) is 32.0 Å². The van der Waals surface area contributed by atoms with Crippen LogP contribution in [0, 0.1) is 18.8 Å². The summed E-state index contributed by atoms with van der Waals surface area (Å²) >= 11 is 0. The van der Waals surface area contributed by atoms with Crippen molar-refractivity contribution in [3.63, 3.8) is 0 Å². The van der Waals surface area contributed by atoms with Gasteiger partial charge in [-0.25, -0.2) is 0 Å². The summed E-state index contributed by atoms with van der Waals surface area (Å²) in [6.07, 6.45) is 1.93. The summed E-state index contributed by atoms with van der Waals surface area (Å²) in [4.78, 5) is 41.4. The van der Waals surface area contributed by atoms with Crippen LogP contribution in [0.5, 0.6) is 0 Å². The van der Waals surface area contributed by atoms with E-state index < -0.39 is 6.04 Å². The van der Waals surface area contributed by atoms with Crippen molar-refractivity contribution in [2.24, 2.45) is 11.8 Å². The standard InChI is InChI=1S/C22H33N3O3/c1-15(2)14-19(23-20(26)18-9-7-6-8-16(18)3)22(28)25-12-10-17(11-13-25)21(27)24(4)5/h6-9,15,17,19H,10-14H2,1-5H3,(H,23,26). The fourth-order valence-corrected chi connectivity index (χ4v) is 3.69. The molecule has 0 aliphatic carbocycles. The van der Waals surface area contributed by atoms with Crippen LogP contribution in [0.3, 0.4) is 0 Å². The first-order valence-corrected chi connectivity index (χ1v) is 10.1. The van der Waals surface area contributed by atoms with Crippen LogP contribution in [-0.4, -0.2) is 60.7 Å². The van der Waals surface area contributed by atoms with Gasteiger partial charge < -0.3 is 15.1 Å². The summed E-state index contributed by atoms with van der Waals surface area (Å²) in [5, 5.41) is 2.95. The molecule has 28 heavy (non-hydrogen) atoms. The van der Waals surface area contributed by atoms with E-state index in [-0.39, 0.29) is 29.6 Å². The van der Waals surface area contributed by atoms with Gasteiger partial charge in [-0.05, 0) is 43.7 Å². The second kappa shape index (κ2) is 9.71. The van der Waals surface area contributed by atoms with Crippen LogP contribution in [-0.2, 0) is 9.59 Å². The van der Waals surface area contributed by atoms with Crippen molar-refractivity contribution in [2.75, 3.05) is 27.2 Å². The number of hydrogen-bond acceptors (Lipinski definition) is 3. The number of nitrogens with zero attached hydrogens (tertiary/aromatic N) is 2. The van der Waals surface area contributed by atoms with E-state index in [2.05, 4.69) is 5.32 Å². The Kier molecular flexibility index (Phi) is 7.61. The summed E-state index contributed by atoms with van der Waals surface area (Å²) in [6.45, 7) is 7.08. The lowest BCUT2D eigenvalue weighted by Gasteiger charge is -2.35. The number of hydrogen-bond donors (Lipinski definition) is 1. The molecule has 2 rings (SSSR count). The molecule has 0 bridgehead atoms. The van der Waals surface area contributed by atoms with Crippen molar-refractivity contribution in [1.29, 1.82) is 0 Å². The fraction of sp³-hybridized carbons (Fsp3) is 0.591. The Morgan fingerprint density at radius 3 is 2.29 bits per heavy atom. The van der Waals surface area contributed by atoms with Crippen molar-refractivity contribution in [3.8, 4) is 0 Å². The van der Waals surface area contributed by atoms with Gasteiger partial charge >= 0.3 is 0 Å². The molecule has 1 heterocycles. The first-order chi connectivity index (χ1) is 13.2.